The Bertz CT molecular complexity index is 1560. The van der Waals surface area contributed by atoms with Gasteiger partial charge in [0.05, 0.1) is 23.5 Å². The second-order valence-electron chi connectivity index (χ2n) is 12.4. The molecule has 0 saturated carbocycles. The summed E-state index contributed by atoms with van der Waals surface area (Å²) in [6, 6.07) is 12.1. The first kappa shape index (κ1) is 25.5. The number of fused-ring (bicyclic) bond motifs is 4. The number of aryl methyl sites for hydroxylation is 2. The van der Waals surface area contributed by atoms with Crippen molar-refractivity contribution in [3.8, 4) is 11.4 Å². The number of methoxy groups -OCH3 is 1. The van der Waals surface area contributed by atoms with Gasteiger partial charge in [0, 0.05) is 60.9 Å². The predicted octanol–water partition coefficient (Wildman–Crippen LogP) is 6.47. The Labute approximate surface area is 237 Å². The summed E-state index contributed by atoms with van der Waals surface area (Å²) >= 11 is 0. The molecule has 4 aromatic rings. The van der Waals surface area contributed by atoms with E-state index in [2.05, 4.69) is 78.0 Å². The highest BCUT2D eigenvalue weighted by Gasteiger charge is 2.43. The molecule has 5 heterocycles. The lowest BCUT2D eigenvalue weighted by molar-refractivity contribution is 0.0681. The molecule has 3 aliphatic rings. The van der Waals surface area contributed by atoms with Crippen molar-refractivity contribution in [2.75, 3.05) is 23.5 Å². The molecule has 1 unspecified atom stereocenters. The van der Waals surface area contributed by atoms with Crippen molar-refractivity contribution in [2.24, 2.45) is 0 Å². The third-order valence-electron chi connectivity index (χ3n) is 9.60. The molecule has 7 nitrogen and oxygen atoms in total. The standard InChI is InChI=1S/C33H40N6O/c1-19(2)22-8-6-20(3)30(14-22)38-13-12-28-27(18-38)33(39-23-9-10-24(39)16-25(15-23)40-5)36-32(35-28)31-21(4)7-11-29-26(31)17-34-37-29/h6-8,11,14,17,19,23-25H,9-10,12-13,15-16,18H2,1-5H3,(H,34,37)/t23-,24+,25?. The largest absolute Gasteiger partial charge is 0.381 e. The van der Waals surface area contributed by atoms with Crippen LogP contribution in [0, 0.1) is 13.8 Å². The summed E-state index contributed by atoms with van der Waals surface area (Å²) in [5.41, 5.74) is 9.85. The highest BCUT2D eigenvalue weighted by atomic mass is 16.5. The van der Waals surface area contributed by atoms with Crippen molar-refractivity contribution in [2.45, 2.75) is 90.4 Å². The smallest absolute Gasteiger partial charge is 0.162 e. The maximum absolute atomic E-state index is 5.86. The van der Waals surface area contributed by atoms with Crippen LogP contribution in [-0.2, 0) is 17.7 Å². The first-order valence-corrected chi connectivity index (χ1v) is 14.9. The van der Waals surface area contributed by atoms with E-state index in [1.165, 1.54) is 46.5 Å². The molecule has 1 N–H and O–H groups in total. The fourth-order valence-corrected chi connectivity index (χ4v) is 7.34. The summed E-state index contributed by atoms with van der Waals surface area (Å²) in [4.78, 5) is 16.0. The summed E-state index contributed by atoms with van der Waals surface area (Å²) < 4.78 is 5.86. The normalized spacial score (nSPS) is 22.4. The van der Waals surface area contributed by atoms with Crippen LogP contribution in [0.1, 0.15) is 73.4 Å². The van der Waals surface area contributed by atoms with Gasteiger partial charge < -0.3 is 14.5 Å². The first-order chi connectivity index (χ1) is 19.4. The van der Waals surface area contributed by atoms with Gasteiger partial charge in [-0.15, -0.1) is 0 Å². The zero-order chi connectivity index (χ0) is 27.5. The van der Waals surface area contributed by atoms with Gasteiger partial charge >= 0.3 is 0 Å². The number of nitrogens with one attached hydrogen (secondary N) is 1. The van der Waals surface area contributed by atoms with Crippen molar-refractivity contribution in [3.63, 3.8) is 0 Å². The molecule has 7 heteroatoms. The molecule has 7 rings (SSSR count). The quantitative estimate of drug-likeness (QED) is 0.315. The van der Waals surface area contributed by atoms with E-state index >= 15 is 0 Å². The fourth-order valence-electron chi connectivity index (χ4n) is 7.34. The predicted molar refractivity (Wildman–Crippen MR) is 161 cm³/mol. The van der Waals surface area contributed by atoms with Crippen LogP contribution in [0.2, 0.25) is 0 Å². The minimum Gasteiger partial charge on any atom is -0.381 e. The molecule has 40 heavy (non-hydrogen) atoms. The van der Waals surface area contributed by atoms with Crippen LogP contribution < -0.4 is 9.80 Å². The molecule has 3 aliphatic heterocycles. The first-order valence-electron chi connectivity index (χ1n) is 14.9. The van der Waals surface area contributed by atoms with Crippen LogP contribution in [0.4, 0.5) is 11.5 Å². The number of benzene rings is 2. The monoisotopic (exact) mass is 536 g/mol. The summed E-state index contributed by atoms with van der Waals surface area (Å²) in [6.45, 7) is 10.7. The molecule has 0 spiro atoms. The SMILES string of the molecule is COC1C[C@H]2CC[C@@H](C1)N2c1nc(-c2c(C)ccc3[nH]ncc23)nc2c1CN(c1cc(C(C)C)ccc1C)CC2. The number of hydrogen-bond acceptors (Lipinski definition) is 6. The summed E-state index contributed by atoms with van der Waals surface area (Å²) in [5, 5.41) is 8.57. The molecular formula is C33H40N6O. The number of anilines is 2. The van der Waals surface area contributed by atoms with Gasteiger partial charge in [-0.3, -0.25) is 5.10 Å². The minimum atomic E-state index is 0.339. The Balaban J connectivity index is 1.37. The van der Waals surface area contributed by atoms with E-state index < -0.39 is 0 Å². The van der Waals surface area contributed by atoms with Crippen LogP contribution in [0.25, 0.3) is 22.3 Å². The van der Waals surface area contributed by atoms with E-state index in [0.717, 1.165) is 60.5 Å². The summed E-state index contributed by atoms with van der Waals surface area (Å²) in [6.07, 6.45) is 7.70. The lowest BCUT2D eigenvalue weighted by Crippen LogP contribution is -2.47. The van der Waals surface area contributed by atoms with E-state index in [1.54, 1.807) is 0 Å². The molecule has 2 bridgehead atoms. The van der Waals surface area contributed by atoms with Crippen LogP contribution >= 0.6 is 0 Å². The second-order valence-corrected chi connectivity index (χ2v) is 12.4. The van der Waals surface area contributed by atoms with Crippen LogP contribution in [0.5, 0.6) is 0 Å². The second kappa shape index (κ2) is 9.88. The van der Waals surface area contributed by atoms with E-state index in [-0.39, 0.29) is 0 Å². The number of aromatic amines is 1. The van der Waals surface area contributed by atoms with Crippen LogP contribution in [-0.4, -0.2) is 52.0 Å². The number of H-pyrrole nitrogens is 1. The van der Waals surface area contributed by atoms with Crippen molar-refractivity contribution in [1.29, 1.82) is 0 Å². The molecule has 0 radical (unpaired) electrons. The number of aromatic nitrogens is 4. The van der Waals surface area contributed by atoms with Gasteiger partial charge in [-0.2, -0.15) is 5.10 Å². The molecule has 208 valence electrons. The minimum absolute atomic E-state index is 0.339. The molecule has 0 amide bonds. The van der Waals surface area contributed by atoms with Crippen molar-refractivity contribution in [3.05, 3.63) is 64.5 Å². The van der Waals surface area contributed by atoms with Crippen molar-refractivity contribution < 1.29 is 4.74 Å². The van der Waals surface area contributed by atoms with Gasteiger partial charge in [0.2, 0.25) is 0 Å². The number of nitrogens with zero attached hydrogens (tertiary/aromatic N) is 5. The Morgan fingerprint density at radius 3 is 2.52 bits per heavy atom. The third kappa shape index (κ3) is 4.17. The Kier molecular flexibility index (Phi) is 6.30. The molecule has 2 fully saturated rings. The van der Waals surface area contributed by atoms with Gasteiger partial charge in [0.1, 0.15) is 5.82 Å². The van der Waals surface area contributed by atoms with Gasteiger partial charge in [0.25, 0.3) is 0 Å². The number of piperidine rings is 1. The highest BCUT2D eigenvalue weighted by Crippen LogP contribution is 2.44. The topological polar surface area (TPSA) is 70.2 Å². The lowest BCUT2D eigenvalue weighted by atomic mass is 9.96. The number of ether oxygens (including phenoxy) is 1. The molecule has 0 aliphatic carbocycles. The van der Waals surface area contributed by atoms with Gasteiger partial charge in [0.15, 0.2) is 5.82 Å². The molecule has 2 aromatic carbocycles. The van der Waals surface area contributed by atoms with Crippen molar-refractivity contribution >= 4 is 22.4 Å². The van der Waals surface area contributed by atoms with Gasteiger partial charge in [-0.25, -0.2) is 9.97 Å². The zero-order valence-corrected chi connectivity index (χ0v) is 24.4. The summed E-state index contributed by atoms with van der Waals surface area (Å²) in [5.74, 6) is 2.48. The zero-order valence-electron chi connectivity index (χ0n) is 24.4. The Hall–Kier alpha value is -3.45. The van der Waals surface area contributed by atoms with E-state index in [0.29, 0.717) is 24.1 Å². The van der Waals surface area contributed by atoms with Crippen LogP contribution in [0.3, 0.4) is 0 Å². The molecule has 2 aromatic heterocycles. The summed E-state index contributed by atoms with van der Waals surface area (Å²) in [7, 11) is 1.87. The van der Waals surface area contributed by atoms with E-state index in [1.807, 2.05) is 13.3 Å². The number of hydrogen-bond donors (Lipinski definition) is 1. The highest BCUT2D eigenvalue weighted by molar-refractivity contribution is 5.94. The van der Waals surface area contributed by atoms with Gasteiger partial charge in [-0.05, 0) is 74.3 Å². The molecule has 2 saturated heterocycles. The maximum atomic E-state index is 5.86. The van der Waals surface area contributed by atoms with Crippen molar-refractivity contribution in [1.82, 2.24) is 20.2 Å². The van der Waals surface area contributed by atoms with E-state index in [9.17, 15) is 0 Å². The molecule has 3 atom stereocenters. The average Bonchev–Trinajstić information content (AvgIpc) is 3.53. The number of rotatable bonds is 5. The van der Waals surface area contributed by atoms with Gasteiger partial charge in [-0.1, -0.05) is 32.0 Å². The molecular weight excluding hydrogens is 496 g/mol. The Morgan fingerprint density at radius 1 is 1.00 bits per heavy atom. The lowest BCUT2D eigenvalue weighted by Gasteiger charge is -2.42. The van der Waals surface area contributed by atoms with E-state index in [4.69, 9.17) is 14.7 Å². The average molecular weight is 537 g/mol. The van der Waals surface area contributed by atoms with Crippen LogP contribution in [0.15, 0.2) is 36.5 Å². The Morgan fingerprint density at radius 2 is 1.77 bits per heavy atom. The third-order valence-corrected chi connectivity index (χ3v) is 9.60. The fraction of sp³-hybridized carbons (Fsp3) is 0.485. The maximum Gasteiger partial charge on any atom is 0.162 e.